The zero-order valence-electron chi connectivity index (χ0n) is 11.2. The van der Waals surface area contributed by atoms with E-state index < -0.39 is 0 Å². The van der Waals surface area contributed by atoms with Crippen molar-refractivity contribution in [1.29, 1.82) is 0 Å². The second kappa shape index (κ2) is 6.53. The maximum atomic E-state index is 5.30. The minimum Gasteiger partial charge on any atom is -0.497 e. The first-order valence-corrected chi connectivity index (χ1v) is 7.63. The van der Waals surface area contributed by atoms with Crippen LogP contribution in [0.5, 0.6) is 5.75 Å². The third-order valence-corrected chi connectivity index (χ3v) is 4.34. The summed E-state index contributed by atoms with van der Waals surface area (Å²) in [7, 11) is 1.71. The molecule has 3 nitrogen and oxygen atoms in total. The van der Waals surface area contributed by atoms with Gasteiger partial charge in [-0.15, -0.1) is 0 Å². The molecule has 0 radical (unpaired) electrons. The van der Waals surface area contributed by atoms with Crippen LogP contribution < -0.4 is 4.74 Å². The van der Waals surface area contributed by atoms with Crippen LogP contribution in [0.4, 0.5) is 0 Å². The predicted octanol–water partition coefficient (Wildman–Crippen LogP) is 3.01. The summed E-state index contributed by atoms with van der Waals surface area (Å²) in [6, 6.07) is 4.02. The topological polar surface area (TPSA) is 25.4 Å². The second-order valence-corrected chi connectivity index (χ2v) is 5.68. The molecular formula is C14H21BrN2O. The molecule has 0 aliphatic carbocycles. The number of hydrogen-bond donors (Lipinski definition) is 0. The van der Waals surface area contributed by atoms with Crippen molar-refractivity contribution in [2.24, 2.45) is 5.92 Å². The maximum absolute atomic E-state index is 5.30. The highest BCUT2D eigenvalue weighted by atomic mass is 79.9. The van der Waals surface area contributed by atoms with Gasteiger partial charge in [0.1, 0.15) is 5.75 Å². The zero-order chi connectivity index (χ0) is 13.0. The molecule has 4 heteroatoms. The quantitative estimate of drug-likeness (QED) is 0.799. The number of alkyl halides is 1. The van der Waals surface area contributed by atoms with E-state index in [1.165, 1.54) is 25.9 Å². The minimum absolute atomic E-state index is 0.783. The maximum Gasteiger partial charge on any atom is 0.122 e. The number of hydrogen-bond acceptors (Lipinski definition) is 3. The van der Waals surface area contributed by atoms with Gasteiger partial charge in [-0.3, -0.25) is 9.88 Å². The Labute approximate surface area is 118 Å². The van der Waals surface area contributed by atoms with E-state index in [1.54, 1.807) is 7.11 Å². The van der Waals surface area contributed by atoms with Gasteiger partial charge in [0, 0.05) is 36.2 Å². The number of pyridine rings is 1. The zero-order valence-corrected chi connectivity index (χ0v) is 12.7. The molecule has 0 amide bonds. The van der Waals surface area contributed by atoms with Crippen LogP contribution in [0.15, 0.2) is 12.1 Å². The Kier molecular flexibility index (Phi) is 5.01. The molecule has 1 aliphatic heterocycles. The largest absolute Gasteiger partial charge is 0.497 e. The summed E-state index contributed by atoms with van der Waals surface area (Å²) in [5.74, 6) is 1.69. The molecule has 1 aromatic rings. The molecule has 2 heterocycles. The number of rotatable bonds is 4. The van der Waals surface area contributed by atoms with Gasteiger partial charge in [0.2, 0.25) is 0 Å². The van der Waals surface area contributed by atoms with Gasteiger partial charge >= 0.3 is 0 Å². The summed E-state index contributed by atoms with van der Waals surface area (Å²) in [4.78, 5) is 7.09. The van der Waals surface area contributed by atoms with Crippen LogP contribution in [0, 0.1) is 12.8 Å². The monoisotopic (exact) mass is 312 g/mol. The smallest absolute Gasteiger partial charge is 0.122 e. The Hall–Kier alpha value is -0.610. The fourth-order valence-corrected chi connectivity index (χ4v) is 3.08. The third-order valence-electron chi connectivity index (χ3n) is 3.42. The molecule has 2 rings (SSSR count). The SMILES string of the molecule is COc1cc(C)nc(CN2CCCC(CBr)C2)c1. The number of piperidine rings is 1. The van der Waals surface area contributed by atoms with Crippen LogP contribution in [-0.2, 0) is 6.54 Å². The van der Waals surface area contributed by atoms with Gasteiger partial charge in [-0.25, -0.2) is 0 Å². The lowest BCUT2D eigenvalue weighted by atomic mass is 10.00. The highest BCUT2D eigenvalue weighted by molar-refractivity contribution is 9.09. The summed E-state index contributed by atoms with van der Waals surface area (Å²) < 4.78 is 5.30. The third kappa shape index (κ3) is 3.69. The molecule has 18 heavy (non-hydrogen) atoms. The lowest BCUT2D eigenvalue weighted by Crippen LogP contribution is -2.35. The normalized spacial score (nSPS) is 20.9. The van der Waals surface area contributed by atoms with Crippen molar-refractivity contribution in [3.05, 3.63) is 23.5 Å². The van der Waals surface area contributed by atoms with Crippen LogP contribution in [-0.4, -0.2) is 35.4 Å². The van der Waals surface area contributed by atoms with Crippen molar-refractivity contribution in [2.45, 2.75) is 26.3 Å². The van der Waals surface area contributed by atoms with Gasteiger partial charge in [-0.1, -0.05) is 15.9 Å². The van der Waals surface area contributed by atoms with Gasteiger partial charge in [0.25, 0.3) is 0 Å². The van der Waals surface area contributed by atoms with Crippen molar-refractivity contribution >= 4 is 15.9 Å². The Balaban J connectivity index is 2.02. The van der Waals surface area contributed by atoms with Gasteiger partial charge in [-0.2, -0.15) is 0 Å². The molecule has 1 saturated heterocycles. The number of methoxy groups -OCH3 is 1. The number of ether oxygens (including phenoxy) is 1. The van der Waals surface area contributed by atoms with E-state index in [-0.39, 0.29) is 0 Å². The molecule has 0 spiro atoms. The van der Waals surface area contributed by atoms with E-state index in [1.807, 2.05) is 19.1 Å². The first-order valence-electron chi connectivity index (χ1n) is 6.51. The van der Waals surface area contributed by atoms with Crippen molar-refractivity contribution in [1.82, 2.24) is 9.88 Å². The van der Waals surface area contributed by atoms with Crippen molar-refractivity contribution in [3.8, 4) is 5.75 Å². The van der Waals surface area contributed by atoms with Crippen LogP contribution in [0.1, 0.15) is 24.2 Å². The highest BCUT2D eigenvalue weighted by Gasteiger charge is 2.19. The summed E-state index contributed by atoms with van der Waals surface area (Å²) in [6.07, 6.45) is 2.63. The van der Waals surface area contributed by atoms with E-state index >= 15 is 0 Å². The molecule has 1 aromatic heterocycles. The molecule has 1 atom stereocenters. The molecule has 0 N–H and O–H groups in total. The lowest BCUT2D eigenvalue weighted by molar-refractivity contribution is 0.177. The minimum atomic E-state index is 0.783. The first-order chi connectivity index (χ1) is 8.71. The van der Waals surface area contributed by atoms with Crippen LogP contribution >= 0.6 is 15.9 Å². The molecule has 100 valence electrons. The Morgan fingerprint density at radius 1 is 1.50 bits per heavy atom. The van der Waals surface area contributed by atoms with E-state index in [2.05, 4.69) is 25.8 Å². The molecule has 0 bridgehead atoms. The lowest BCUT2D eigenvalue weighted by Gasteiger charge is -2.31. The predicted molar refractivity (Wildman–Crippen MR) is 77.3 cm³/mol. The van der Waals surface area contributed by atoms with Crippen molar-refractivity contribution in [2.75, 3.05) is 25.5 Å². The molecular weight excluding hydrogens is 292 g/mol. The summed E-state index contributed by atoms with van der Waals surface area (Å²) >= 11 is 3.60. The fraction of sp³-hybridized carbons (Fsp3) is 0.643. The van der Waals surface area contributed by atoms with Gasteiger partial charge in [0.15, 0.2) is 0 Å². The number of halogens is 1. The standard InChI is InChI=1S/C14H21BrN2O/c1-11-6-14(18-2)7-13(16-11)10-17-5-3-4-12(8-15)9-17/h6-7,12H,3-5,8-10H2,1-2H3. The summed E-state index contributed by atoms with van der Waals surface area (Å²) in [5.41, 5.74) is 2.14. The van der Waals surface area contributed by atoms with E-state index in [4.69, 9.17) is 4.74 Å². The van der Waals surface area contributed by atoms with Crippen molar-refractivity contribution in [3.63, 3.8) is 0 Å². The van der Waals surface area contributed by atoms with E-state index in [0.717, 1.165) is 34.9 Å². The number of aryl methyl sites for hydroxylation is 1. The molecule has 0 aromatic carbocycles. The van der Waals surface area contributed by atoms with Crippen LogP contribution in [0.25, 0.3) is 0 Å². The number of aromatic nitrogens is 1. The van der Waals surface area contributed by atoms with E-state index in [9.17, 15) is 0 Å². The molecule has 1 fully saturated rings. The Morgan fingerprint density at radius 2 is 2.33 bits per heavy atom. The van der Waals surface area contributed by atoms with Crippen molar-refractivity contribution < 1.29 is 4.74 Å². The van der Waals surface area contributed by atoms with Crippen LogP contribution in [0.3, 0.4) is 0 Å². The number of likely N-dealkylation sites (tertiary alicyclic amines) is 1. The summed E-state index contributed by atoms with van der Waals surface area (Å²) in [5, 5.41) is 1.11. The van der Waals surface area contributed by atoms with Crippen LogP contribution in [0.2, 0.25) is 0 Å². The molecule has 1 unspecified atom stereocenters. The van der Waals surface area contributed by atoms with Gasteiger partial charge in [-0.05, 0) is 32.2 Å². The van der Waals surface area contributed by atoms with Gasteiger partial charge < -0.3 is 4.74 Å². The van der Waals surface area contributed by atoms with E-state index in [0.29, 0.717) is 0 Å². The second-order valence-electron chi connectivity index (χ2n) is 5.04. The first kappa shape index (κ1) is 13.8. The molecule has 0 saturated carbocycles. The van der Waals surface area contributed by atoms with Gasteiger partial charge in [0.05, 0.1) is 12.8 Å². The molecule has 1 aliphatic rings. The highest BCUT2D eigenvalue weighted by Crippen LogP contribution is 2.21. The average Bonchev–Trinajstić information content (AvgIpc) is 2.38. The Bertz CT molecular complexity index is 397. The Morgan fingerprint density at radius 3 is 3.06 bits per heavy atom. The average molecular weight is 313 g/mol. The number of nitrogens with zero attached hydrogens (tertiary/aromatic N) is 2. The fourth-order valence-electron chi connectivity index (χ4n) is 2.55. The summed E-state index contributed by atoms with van der Waals surface area (Å²) in [6.45, 7) is 5.30.